The van der Waals surface area contributed by atoms with Gasteiger partial charge in [0.05, 0.1) is 18.9 Å². The molecule has 0 radical (unpaired) electrons. The third-order valence-electron chi connectivity index (χ3n) is 2.95. The van der Waals surface area contributed by atoms with Gasteiger partial charge in [0.2, 0.25) is 0 Å². The highest BCUT2D eigenvalue weighted by Gasteiger charge is 2.39. The minimum atomic E-state index is -0.658. The van der Waals surface area contributed by atoms with E-state index >= 15 is 0 Å². The number of ether oxygens (including phenoxy) is 1. The van der Waals surface area contributed by atoms with E-state index in [9.17, 15) is 9.59 Å². The van der Waals surface area contributed by atoms with E-state index in [4.69, 9.17) is 11.6 Å². The first-order valence-corrected chi connectivity index (χ1v) is 5.62. The Hall–Kier alpha value is -0.570. The molecule has 0 aromatic carbocycles. The molecule has 0 aliphatic rings. The number of alkyl halides is 1. The largest absolute Gasteiger partial charge is 0.469 e. The Morgan fingerprint density at radius 1 is 1.33 bits per heavy atom. The van der Waals surface area contributed by atoms with Crippen molar-refractivity contribution in [3.8, 4) is 0 Å². The molecule has 0 rings (SSSR count). The highest BCUT2D eigenvalue weighted by molar-refractivity contribution is 6.31. The van der Waals surface area contributed by atoms with Gasteiger partial charge in [0.1, 0.15) is 0 Å². The van der Waals surface area contributed by atoms with Gasteiger partial charge in [-0.25, -0.2) is 0 Å². The summed E-state index contributed by atoms with van der Waals surface area (Å²) in [6.07, 6.45) is 1.33. The van der Waals surface area contributed by atoms with E-state index in [-0.39, 0.29) is 18.2 Å². The van der Waals surface area contributed by atoms with Gasteiger partial charge in [0, 0.05) is 5.41 Å². The standard InChI is InChI=1S/C11H19ClO3/c1-5-11(6-2,7-9(13)15-4)10(14)8(3)12/h8H,5-7H2,1-4H3. The highest BCUT2D eigenvalue weighted by atomic mass is 35.5. The number of hydrogen-bond donors (Lipinski definition) is 0. The molecule has 0 aromatic heterocycles. The summed E-state index contributed by atoms with van der Waals surface area (Å²) in [5.74, 6) is -0.427. The minimum Gasteiger partial charge on any atom is -0.469 e. The smallest absolute Gasteiger partial charge is 0.306 e. The molecule has 0 aromatic rings. The summed E-state index contributed by atoms with van der Waals surface area (Å²) in [6.45, 7) is 5.43. The fraction of sp³-hybridized carbons (Fsp3) is 0.818. The molecule has 15 heavy (non-hydrogen) atoms. The third kappa shape index (κ3) is 3.49. The van der Waals surface area contributed by atoms with Crippen LogP contribution in [0.2, 0.25) is 0 Å². The average Bonchev–Trinajstić information content (AvgIpc) is 2.24. The molecule has 0 heterocycles. The quantitative estimate of drug-likeness (QED) is 0.524. The molecule has 0 aliphatic heterocycles. The first-order valence-electron chi connectivity index (χ1n) is 5.18. The molecule has 0 spiro atoms. The molecule has 0 N–H and O–H groups in total. The van der Waals surface area contributed by atoms with Gasteiger partial charge >= 0.3 is 5.97 Å². The van der Waals surface area contributed by atoms with Crippen LogP contribution in [-0.2, 0) is 14.3 Å². The van der Waals surface area contributed by atoms with Gasteiger partial charge in [-0.05, 0) is 19.8 Å². The lowest BCUT2D eigenvalue weighted by Gasteiger charge is -2.29. The lowest BCUT2D eigenvalue weighted by atomic mass is 9.74. The Bertz CT molecular complexity index is 232. The molecule has 0 amide bonds. The molecule has 0 aliphatic carbocycles. The maximum atomic E-state index is 11.9. The number of hydrogen-bond acceptors (Lipinski definition) is 3. The zero-order valence-corrected chi connectivity index (χ0v) is 10.6. The van der Waals surface area contributed by atoms with Crippen LogP contribution in [0.1, 0.15) is 40.0 Å². The van der Waals surface area contributed by atoms with Crippen LogP contribution in [0.5, 0.6) is 0 Å². The van der Waals surface area contributed by atoms with Crippen molar-refractivity contribution in [1.82, 2.24) is 0 Å². The van der Waals surface area contributed by atoms with Crippen molar-refractivity contribution in [3.05, 3.63) is 0 Å². The van der Waals surface area contributed by atoms with E-state index in [1.165, 1.54) is 7.11 Å². The molecule has 88 valence electrons. The Balaban J connectivity index is 4.87. The maximum Gasteiger partial charge on any atom is 0.306 e. The van der Waals surface area contributed by atoms with Gasteiger partial charge in [0.15, 0.2) is 5.78 Å². The highest BCUT2D eigenvalue weighted by Crippen LogP contribution is 2.34. The van der Waals surface area contributed by atoms with Crippen LogP contribution in [0.3, 0.4) is 0 Å². The van der Waals surface area contributed by atoms with Crippen molar-refractivity contribution in [2.24, 2.45) is 5.41 Å². The van der Waals surface area contributed by atoms with E-state index in [2.05, 4.69) is 4.74 Å². The van der Waals surface area contributed by atoms with Crippen molar-refractivity contribution in [1.29, 1.82) is 0 Å². The maximum absolute atomic E-state index is 11.9. The monoisotopic (exact) mass is 234 g/mol. The number of carbonyl (C=O) groups excluding carboxylic acids is 2. The zero-order chi connectivity index (χ0) is 12.1. The number of carbonyl (C=O) groups is 2. The predicted octanol–water partition coefficient (Wildman–Crippen LogP) is 2.55. The molecular formula is C11H19ClO3. The van der Waals surface area contributed by atoms with Gasteiger partial charge < -0.3 is 4.74 Å². The van der Waals surface area contributed by atoms with Crippen molar-refractivity contribution in [3.63, 3.8) is 0 Å². The molecule has 0 saturated heterocycles. The fourth-order valence-corrected chi connectivity index (χ4v) is 1.94. The molecule has 0 saturated carbocycles. The van der Waals surface area contributed by atoms with E-state index in [0.29, 0.717) is 12.8 Å². The Labute approximate surface area is 96.1 Å². The van der Waals surface area contributed by atoms with Crippen LogP contribution in [0, 0.1) is 5.41 Å². The topological polar surface area (TPSA) is 43.4 Å². The summed E-state index contributed by atoms with van der Waals surface area (Å²) in [6, 6.07) is 0. The van der Waals surface area contributed by atoms with E-state index in [1.807, 2.05) is 13.8 Å². The first-order chi connectivity index (χ1) is 6.93. The van der Waals surface area contributed by atoms with Crippen molar-refractivity contribution in [2.45, 2.75) is 45.4 Å². The van der Waals surface area contributed by atoms with Crippen molar-refractivity contribution in [2.75, 3.05) is 7.11 Å². The molecule has 3 nitrogen and oxygen atoms in total. The molecule has 0 bridgehead atoms. The van der Waals surface area contributed by atoms with Crippen LogP contribution in [0.15, 0.2) is 0 Å². The average molecular weight is 235 g/mol. The zero-order valence-electron chi connectivity index (χ0n) is 9.80. The van der Waals surface area contributed by atoms with Crippen molar-refractivity contribution >= 4 is 23.4 Å². The van der Waals surface area contributed by atoms with Gasteiger partial charge in [-0.3, -0.25) is 9.59 Å². The van der Waals surface area contributed by atoms with Crippen molar-refractivity contribution < 1.29 is 14.3 Å². The predicted molar refractivity (Wildman–Crippen MR) is 60.0 cm³/mol. The lowest BCUT2D eigenvalue weighted by molar-refractivity contribution is -0.147. The second-order valence-corrected chi connectivity index (χ2v) is 4.38. The first kappa shape index (κ1) is 14.4. The second kappa shape index (κ2) is 6.11. The molecule has 0 fully saturated rings. The number of ketones is 1. The Morgan fingerprint density at radius 3 is 2.07 bits per heavy atom. The van der Waals surface area contributed by atoms with Gasteiger partial charge in [0.25, 0.3) is 0 Å². The number of Topliss-reactive ketones (excluding diaryl/α,β-unsaturated/α-hetero) is 1. The molecule has 1 atom stereocenters. The number of esters is 1. The summed E-state index contributed by atoms with van der Waals surface area (Å²) in [5, 5.41) is -0.561. The van der Waals surface area contributed by atoms with Crippen LogP contribution in [0.25, 0.3) is 0 Å². The molecule has 1 unspecified atom stereocenters. The van der Waals surface area contributed by atoms with E-state index < -0.39 is 10.8 Å². The van der Waals surface area contributed by atoms with Gasteiger partial charge in [-0.2, -0.15) is 0 Å². The summed E-state index contributed by atoms with van der Waals surface area (Å²) < 4.78 is 4.61. The summed E-state index contributed by atoms with van der Waals surface area (Å²) in [4.78, 5) is 23.2. The third-order valence-corrected chi connectivity index (χ3v) is 3.15. The van der Waals surface area contributed by atoms with Crippen LogP contribution in [-0.4, -0.2) is 24.2 Å². The Kier molecular flexibility index (Phi) is 5.88. The van der Waals surface area contributed by atoms with Crippen LogP contribution in [0.4, 0.5) is 0 Å². The number of methoxy groups -OCH3 is 1. The Morgan fingerprint density at radius 2 is 1.80 bits per heavy atom. The normalized spacial score (nSPS) is 13.4. The number of halogens is 1. The van der Waals surface area contributed by atoms with Gasteiger partial charge in [-0.15, -0.1) is 11.6 Å². The summed E-state index contributed by atoms with van der Waals surface area (Å²) in [5.41, 5.74) is -0.658. The van der Waals surface area contributed by atoms with Gasteiger partial charge in [-0.1, -0.05) is 13.8 Å². The lowest BCUT2D eigenvalue weighted by Crippen LogP contribution is -2.37. The van der Waals surface area contributed by atoms with E-state index in [0.717, 1.165) is 0 Å². The minimum absolute atomic E-state index is 0.0698. The summed E-state index contributed by atoms with van der Waals surface area (Å²) >= 11 is 5.80. The summed E-state index contributed by atoms with van der Waals surface area (Å²) in [7, 11) is 1.33. The van der Waals surface area contributed by atoms with E-state index in [1.54, 1.807) is 6.92 Å². The molecule has 4 heteroatoms. The second-order valence-electron chi connectivity index (χ2n) is 3.72. The number of rotatable bonds is 6. The fourth-order valence-electron chi connectivity index (χ4n) is 1.71. The van der Waals surface area contributed by atoms with Crippen LogP contribution >= 0.6 is 11.6 Å². The molecular weight excluding hydrogens is 216 g/mol. The van der Waals surface area contributed by atoms with Crippen LogP contribution < -0.4 is 0 Å². The SMILES string of the molecule is CCC(CC)(CC(=O)OC)C(=O)C(C)Cl.